The summed E-state index contributed by atoms with van der Waals surface area (Å²) in [6.07, 6.45) is 5.40. The summed E-state index contributed by atoms with van der Waals surface area (Å²) in [5.41, 5.74) is 0.777. The van der Waals surface area contributed by atoms with Crippen LogP contribution in [0.5, 0.6) is 0 Å². The Bertz CT molecular complexity index is 798. The summed E-state index contributed by atoms with van der Waals surface area (Å²) in [7, 11) is 0. The predicted octanol–water partition coefficient (Wildman–Crippen LogP) is 3.61. The van der Waals surface area contributed by atoms with Gasteiger partial charge in [-0.2, -0.15) is 0 Å². The molecule has 2 amide bonds. The van der Waals surface area contributed by atoms with Crippen molar-refractivity contribution in [3.63, 3.8) is 0 Å². The number of benzene rings is 1. The van der Waals surface area contributed by atoms with E-state index in [-0.39, 0.29) is 30.0 Å². The number of anilines is 1. The van der Waals surface area contributed by atoms with Crippen molar-refractivity contribution in [3.8, 4) is 0 Å². The molecule has 2 aromatic rings. The van der Waals surface area contributed by atoms with Gasteiger partial charge in [0.25, 0.3) is 11.8 Å². The lowest BCUT2D eigenvalue weighted by atomic mass is 9.95. The van der Waals surface area contributed by atoms with Gasteiger partial charge in [0.05, 0.1) is 10.4 Å². The van der Waals surface area contributed by atoms with E-state index in [1.165, 1.54) is 23.8 Å². The van der Waals surface area contributed by atoms with Gasteiger partial charge in [-0.3, -0.25) is 9.59 Å². The fraction of sp³-hybridized carbons (Fsp3) is 0.350. The number of amides is 2. The van der Waals surface area contributed by atoms with Gasteiger partial charge in [-0.15, -0.1) is 11.3 Å². The Kier molecular flexibility index (Phi) is 6.59. The van der Waals surface area contributed by atoms with E-state index in [0.29, 0.717) is 10.6 Å². The molecule has 1 aliphatic rings. The number of thiophene rings is 1. The van der Waals surface area contributed by atoms with Crippen LogP contribution in [0.4, 0.5) is 5.69 Å². The molecule has 1 saturated carbocycles. The van der Waals surface area contributed by atoms with E-state index in [0.717, 1.165) is 25.7 Å². The van der Waals surface area contributed by atoms with Crippen molar-refractivity contribution in [1.29, 1.82) is 0 Å². The number of carbonyl (C=O) groups excluding carboxylic acids is 3. The summed E-state index contributed by atoms with van der Waals surface area (Å²) < 4.78 is 5.10. The van der Waals surface area contributed by atoms with Crippen LogP contribution in [-0.2, 0) is 9.53 Å². The summed E-state index contributed by atoms with van der Waals surface area (Å²) in [6.45, 7) is -0.304. The smallest absolute Gasteiger partial charge is 0.338 e. The Balaban J connectivity index is 1.50. The molecule has 0 bridgehead atoms. The van der Waals surface area contributed by atoms with E-state index < -0.39 is 5.97 Å². The third-order valence-corrected chi connectivity index (χ3v) is 5.27. The van der Waals surface area contributed by atoms with Crippen LogP contribution in [0.3, 0.4) is 0 Å². The van der Waals surface area contributed by atoms with Gasteiger partial charge in [-0.25, -0.2) is 4.79 Å². The SMILES string of the molecule is O=C(COC(=O)c1cccc(NC(=O)c2cccs2)c1)NC1CCCCC1. The molecule has 1 heterocycles. The van der Waals surface area contributed by atoms with E-state index in [4.69, 9.17) is 4.74 Å². The second-order valence-corrected chi connectivity index (χ2v) is 7.44. The second-order valence-electron chi connectivity index (χ2n) is 6.49. The molecule has 1 aromatic heterocycles. The highest BCUT2D eigenvalue weighted by Crippen LogP contribution is 2.18. The standard InChI is InChI=1S/C20H22N2O4S/c23-18(21-15-7-2-1-3-8-15)13-26-20(25)14-6-4-9-16(12-14)22-19(24)17-10-5-11-27-17/h4-6,9-12,15H,1-3,7-8,13H2,(H,21,23)(H,22,24). The lowest BCUT2D eigenvalue weighted by Crippen LogP contribution is -2.38. The first-order valence-corrected chi connectivity index (χ1v) is 9.91. The molecular weight excluding hydrogens is 364 g/mol. The van der Waals surface area contributed by atoms with E-state index in [1.807, 2.05) is 5.38 Å². The van der Waals surface area contributed by atoms with Gasteiger partial charge in [0.15, 0.2) is 6.61 Å². The normalized spacial score (nSPS) is 14.4. The molecule has 1 aromatic carbocycles. The van der Waals surface area contributed by atoms with Crippen molar-refractivity contribution in [2.75, 3.05) is 11.9 Å². The average molecular weight is 386 g/mol. The van der Waals surface area contributed by atoms with Crippen molar-refractivity contribution in [2.45, 2.75) is 38.1 Å². The molecule has 0 unspecified atom stereocenters. The average Bonchev–Trinajstić information content (AvgIpc) is 3.22. The van der Waals surface area contributed by atoms with Crippen LogP contribution in [-0.4, -0.2) is 30.4 Å². The fourth-order valence-electron chi connectivity index (χ4n) is 3.06. The molecule has 0 spiro atoms. The molecule has 2 N–H and O–H groups in total. The third-order valence-electron chi connectivity index (χ3n) is 4.41. The Morgan fingerprint density at radius 1 is 1.07 bits per heavy atom. The van der Waals surface area contributed by atoms with Gasteiger partial charge >= 0.3 is 5.97 Å². The topological polar surface area (TPSA) is 84.5 Å². The lowest BCUT2D eigenvalue weighted by Gasteiger charge is -2.22. The maximum atomic E-state index is 12.2. The molecule has 0 atom stereocenters. The maximum Gasteiger partial charge on any atom is 0.338 e. The molecule has 6 nitrogen and oxygen atoms in total. The highest BCUT2D eigenvalue weighted by atomic mass is 32.1. The van der Waals surface area contributed by atoms with Gasteiger partial charge in [0.1, 0.15) is 0 Å². The van der Waals surface area contributed by atoms with Gasteiger partial charge in [-0.05, 0) is 42.5 Å². The number of hydrogen-bond donors (Lipinski definition) is 2. The molecule has 27 heavy (non-hydrogen) atoms. The number of rotatable bonds is 6. The molecule has 0 aliphatic heterocycles. The number of esters is 1. The lowest BCUT2D eigenvalue weighted by molar-refractivity contribution is -0.125. The van der Waals surface area contributed by atoms with Gasteiger partial charge in [0.2, 0.25) is 0 Å². The Morgan fingerprint density at radius 3 is 2.63 bits per heavy atom. The zero-order valence-electron chi connectivity index (χ0n) is 14.9. The van der Waals surface area contributed by atoms with Crippen molar-refractivity contribution in [1.82, 2.24) is 5.32 Å². The number of nitrogens with one attached hydrogen (secondary N) is 2. The summed E-state index contributed by atoms with van der Waals surface area (Å²) in [5.74, 6) is -1.11. The van der Waals surface area contributed by atoms with E-state index in [1.54, 1.807) is 30.3 Å². The molecule has 0 radical (unpaired) electrons. The quantitative estimate of drug-likeness (QED) is 0.743. The van der Waals surface area contributed by atoms with Gasteiger partial charge in [0, 0.05) is 11.7 Å². The predicted molar refractivity (Wildman–Crippen MR) is 104 cm³/mol. The molecule has 3 rings (SSSR count). The van der Waals surface area contributed by atoms with Crippen LogP contribution < -0.4 is 10.6 Å². The van der Waals surface area contributed by atoms with Crippen LogP contribution >= 0.6 is 11.3 Å². The molecule has 7 heteroatoms. The molecule has 0 saturated heterocycles. The minimum Gasteiger partial charge on any atom is -0.452 e. The third kappa shape index (κ3) is 5.65. The number of hydrogen-bond acceptors (Lipinski definition) is 5. The van der Waals surface area contributed by atoms with E-state index in [2.05, 4.69) is 10.6 Å². The monoisotopic (exact) mass is 386 g/mol. The summed E-state index contributed by atoms with van der Waals surface area (Å²) in [4.78, 5) is 36.8. The highest BCUT2D eigenvalue weighted by Gasteiger charge is 2.17. The maximum absolute atomic E-state index is 12.2. The Morgan fingerprint density at radius 2 is 1.89 bits per heavy atom. The first kappa shape index (κ1) is 19.1. The summed E-state index contributed by atoms with van der Waals surface area (Å²) in [5, 5.41) is 7.47. The minimum absolute atomic E-state index is 0.181. The summed E-state index contributed by atoms with van der Waals surface area (Å²) >= 11 is 1.34. The zero-order chi connectivity index (χ0) is 19.1. The van der Waals surface area contributed by atoms with Gasteiger partial charge in [-0.1, -0.05) is 31.4 Å². The molecule has 1 aliphatic carbocycles. The second kappa shape index (κ2) is 9.32. The van der Waals surface area contributed by atoms with Crippen molar-refractivity contribution < 1.29 is 19.1 Å². The Hall–Kier alpha value is -2.67. The largest absolute Gasteiger partial charge is 0.452 e. The van der Waals surface area contributed by atoms with Crippen molar-refractivity contribution in [3.05, 3.63) is 52.2 Å². The highest BCUT2D eigenvalue weighted by molar-refractivity contribution is 7.12. The van der Waals surface area contributed by atoms with Crippen LogP contribution in [0.15, 0.2) is 41.8 Å². The number of ether oxygens (including phenoxy) is 1. The first-order valence-electron chi connectivity index (χ1n) is 9.03. The zero-order valence-corrected chi connectivity index (χ0v) is 15.7. The molecule has 142 valence electrons. The summed E-state index contributed by atoms with van der Waals surface area (Å²) in [6, 6.07) is 10.2. The fourth-order valence-corrected chi connectivity index (χ4v) is 3.67. The molecular formula is C20H22N2O4S. The first-order chi connectivity index (χ1) is 13.1. The van der Waals surface area contributed by atoms with Gasteiger partial charge < -0.3 is 15.4 Å². The van der Waals surface area contributed by atoms with Crippen molar-refractivity contribution >= 4 is 34.8 Å². The van der Waals surface area contributed by atoms with Crippen LogP contribution in [0.25, 0.3) is 0 Å². The number of carbonyl (C=O) groups is 3. The Labute approximate surface area is 161 Å². The van der Waals surface area contributed by atoms with Crippen LogP contribution in [0.2, 0.25) is 0 Å². The van der Waals surface area contributed by atoms with E-state index >= 15 is 0 Å². The van der Waals surface area contributed by atoms with Crippen LogP contribution in [0, 0.1) is 0 Å². The minimum atomic E-state index is -0.596. The van der Waals surface area contributed by atoms with E-state index in [9.17, 15) is 14.4 Å². The van der Waals surface area contributed by atoms with Crippen LogP contribution in [0.1, 0.15) is 52.1 Å². The van der Waals surface area contributed by atoms with Crippen molar-refractivity contribution in [2.24, 2.45) is 0 Å². The molecule has 1 fully saturated rings.